The molecule has 0 radical (unpaired) electrons. The molecular formula is C19H19F3N2O. The van der Waals surface area contributed by atoms with Gasteiger partial charge in [0.2, 0.25) is 5.91 Å². The van der Waals surface area contributed by atoms with Crippen LogP contribution in [0.25, 0.3) is 0 Å². The molecule has 1 aliphatic rings. The minimum atomic E-state index is -4.50. The Labute approximate surface area is 144 Å². The number of halogens is 3. The van der Waals surface area contributed by atoms with Crippen LogP contribution in [0.15, 0.2) is 42.5 Å². The SMILES string of the molecule is O=C(CNc1cccc2c1CCCC2)Nc1ccccc1C(F)(F)F. The van der Waals surface area contributed by atoms with E-state index in [2.05, 4.69) is 16.7 Å². The number of amides is 1. The van der Waals surface area contributed by atoms with E-state index in [-0.39, 0.29) is 12.2 Å². The average Bonchev–Trinajstić information content (AvgIpc) is 2.59. The molecule has 2 aromatic rings. The van der Waals surface area contributed by atoms with E-state index in [0.29, 0.717) is 0 Å². The number of carbonyl (C=O) groups is 1. The number of carbonyl (C=O) groups excluding carboxylic acids is 1. The average molecular weight is 348 g/mol. The van der Waals surface area contributed by atoms with Gasteiger partial charge in [-0.25, -0.2) is 0 Å². The Bertz CT molecular complexity index is 772. The molecule has 3 rings (SSSR count). The molecule has 0 aliphatic heterocycles. The van der Waals surface area contributed by atoms with Gasteiger partial charge in [0.15, 0.2) is 0 Å². The fraction of sp³-hybridized carbons (Fsp3) is 0.316. The summed E-state index contributed by atoms with van der Waals surface area (Å²) >= 11 is 0. The summed E-state index contributed by atoms with van der Waals surface area (Å²) in [5.74, 6) is -0.509. The van der Waals surface area contributed by atoms with Crippen molar-refractivity contribution in [2.24, 2.45) is 0 Å². The van der Waals surface area contributed by atoms with Crippen molar-refractivity contribution in [1.29, 1.82) is 0 Å². The van der Waals surface area contributed by atoms with Gasteiger partial charge in [-0.2, -0.15) is 13.2 Å². The van der Waals surface area contributed by atoms with Crippen LogP contribution in [0.3, 0.4) is 0 Å². The molecule has 132 valence electrons. The Kier molecular flexibility index (Phi) is 4.97. The molecule has 2 N–H and O–H groups in total. The Morgan fingerprint density at radius 3 is 2.48 bits per heavy atom. The molecule has 0 saturated heterocycles. The van der Waals surface area contributed by atoms with Gasteiger partial charge in [-0.3, -0.25) is 4.79 Å². The monoisotopic (exact) mass is 348 g/mol. The summed E-state index contributed by atoms with van der Waals surface area (Å²) in [6.45, 7) is -0.0807. The number of rotatable bonds is 4. The first-order valence-corrected chi connectivity index (χ1v) is 8.26. The molecule has 0 fully saturated rings. The summed E-state index contributed by atoms with van der Waals surface area (Å²) in [6.07, 6.45) is -0.259. The summed E-state index contributed by atoms with van der Waals surface area (Å²) in [5.41, 5.74) is 2.30. The second-order valence-electron chi connectivity index (χ2n) is 6.10. The molecule has 1 aliphatic carbocycles. The van der Waals surface area contributed by atoms with E-state index in [9.17, 15) is 18.0 Å². The molecule has 0 spiro atoms. The van der Waals surface area contributed by atoms with Gasteiger partial charge in [-0.1, -0.05) is 24.3 Å². The minimum Gasteiger partial charge on any atom is -0.376 e. The standard InChI is InChI=1S/C19H19F3N2O/c20-19(21,22)15-9-3-4-10-17(15)24-18(25)12-23-16-11-5-7-13-6-1-2-8-14(13)16/h3-5,7,9-11,23H,1-2,6,8,12H2,(H,24,25). The predicted octanol–water partition coefficient (Wildman–Crippen LogP) is 4.63. The summed E-state index contributed by atoms with van der Waals surface area (Å²) in [7, 11) is 0. The Morgan fingerprint density at radius 1 is 0.960 bits per heavy atom. The molecule has 0 heterocycles. The summed E-state index contributed by atoms with van der Waals surface area (Å²) < 4.78 is 38.9. The normalized spacial score (nSPS) is 13.9. The Morgan fingerprint density at radius 2 is 1.68 bits per heavy atom. The molecule has 0 bridgehead atoms. The van der Waals surface area contributed by atoms with Crippen molar-refractivity contribution in [3.63, 3.8) is 0 Å². The molecule has 1 amide bonds. The number of fused-ring (bicyclic) bond motifs is 1. The van der Waals surface area contributed by atoms with Crippen LogP contribution in [0.5, 0.6) is 0 Å². The lowest BCUT2D eigenvalue weighted by molar-refractivity contribution is -0.137. The smallest absolute Gasteiger partial charge is 0.376 e. The summed E-state index contributed by atoms with van der Waals surface area (Å²) in [6, 6.07) is 10.9. The third-order valence-corrected chi connectivity index (χ3v) is 4.34. The number of anilines is 2. The molecule has 0 saturated carbocycles. The third-order valence-electron chi connectivity index (χ3n) is 4.34. The number of para-hydroxylation sites is 1. The first-order chi connectivity index (χ1) is 11.9. The van der Waals surface area contributed by atoms with Crippen LogP contribution in [0.1, 0.15) is 29.5 Å². The van der Waals surface area contributed by atoms with Crippen molar-refractivity contribution < 1.29 is 18.0 Å². The Hall–Kier alpha value is -2.50. The van der Waals surface area contributed by atoms with Crippen LogP contribution in [-0.4, -0.2) is 12.5 Å². The second-order valence-corrected chi connectivity index (χ2v) is 6.10. The van der Waals surface area contributed by atoms with E-state index >= 15 is 0 Å². The molecule has 0 atom stereocenters. The van der Waals surface area contributed by atoms with Crippen LogP contribution in [-0.2, 0) is 23.8 Å². The second kappa shape index (κ2) is 7.17. The zero-order valence-electron chi connectivity index (χ0n) is 13.6. The lowest BCUT2D eigenvalue weighted by Crippen LogP contribution is -2.24. The van der Waals surface area contributed by atoms with Gasteiger partial charge >= 0.3 is 6.18 Å². The summed E-state index contributed by atoms with van der Waals surface area (Å²) in [4.78, 5) is 12.1. The fourth-order valence-electron chi connectivity index (χ4n) is 3.16. The van der Waals surface area contributed by atoms with Gasteiger partial charge in [-0.15, -0.1) is 0 Å². The van der Waals surface area contributed by atoms with E-state index < -0.39 is 17.6 Å². The zero-order valence-corrected chi connectivity index (χ0v) is 13.6. The number of aryl methyl sites for hydroxylation is 1. The molecule has 25 heavy (non-hydrogen) atoms. The number of hydrogen-bond donors (Lipinski definition) is 2. The highest BCUT2D eigenvalue weighted by atomic mass is 19.4. The van der Waals surface area contributed by atoms with Crippen LogP contribution in [0.4, 0.5) is 24.5 Å². The van der Waals surface area contributed by atoms with Gasteiger partial charge in [0.05, 0.1) is 17.8 Å². The van der Waals surface area contributed by atoms with Crippen molar-refractivity contribution in [2.45, 2.75) is 31.9 Å². The maximum absolute atomic E-state index is 13.0. The minimum absolute atomic E-state index is 0.0807. The van der Waals surface area contributed by atoms with E-state index in [1.165, 1.54) is 29.3 Å². The maximum Gasteiger partial charge on any atom is 0.418 e. The van der Waals surface area contributed by atoms with E-state index in [4.69, 9.17) is 0 Å². The first-order valence-electron chi connectivity index (χ1n) is 8.26. The van der Waals surface area contributed by atoms with Crippen LogP contribution < -0.4 is 10.6 Å². The largest absolute Gasteiger partial charge is 0.418 e. The molecule has 0 aromatic heterocycles. The molecule has 3 nitrogen and oxygen atoms in total. The number of alkyl halides is 3. The van der Waals surface area contributed by atoms with Crippen molar-refractivity contribution in [1.82, 2.24) is 0 Å². The molecule has 6 heteroatoms. The fourth-order valence-corrected chi connectivity index (χ4v) is 3.16. The quantitative estimate of drug-likeness (QED) is 0.845. The van der Waals surface area contributed by atoms with E-state index in [1.54, 1.807) is 0 Å². The number of nitrogens with one attached hydrogen (secondary N) is 2. The molecular weight excluding hydrogens is 329 g/mol. The van der Waals surface area contributed by atoms with Crippen molar-refractivity contribution in [2.75, 3.05) is 17.2 Å². The van der Waals surface area contributed by atoms with Crippen molar-refractivity contribution in [3.05, 3.63) is 59.2 Å². The van der Waals surface area contributed by atoms with E-state index in [0.717, 1.165) is 37.4 Å². The first kappa shape index (κ1) is 17.3. The van der Waals surface area contributed by atoms with Gasteiger partial charge < -0.3 is 10.6 Å². The highest BCUT2D eigenvalue weighted by molar-refractivity contribution is 5.94. The van der Waals surface area contributed by atoms with Crippen LogP contribution in [0, 0.1) is 0 Å². The molecule has 2 aromatic carbocycles. The third kappa shape index (κ3) is 4.13. The highest BCUT2D eigenvalue weighted by Gasteiger charge is 2.33. The summed E-state index contributed by atoms with van der Waals surface area (Å²) in [5, 5.41) is 5.40. The topological polar surface area (TPSA) is 41.1 Å². The van der Waals surface area contributed by atoms with E-state index in [1.807, 2.05) is 12.1 Å². The number of benzene rings is 2. The van der Waals surface area contributed by atoms with Crippen molar-refractivity contribution in [3.8, 4) is 0 Å². The Balaban J connectivity index is 1.67. The van der Waals surface area contributed by atoms with Gasteiger partial charge in [0.25, 0.3) is 0 Å². The molecule has 0 unspecified atom stereocenters. The van der Waals surface area contributed by atoms with Crippen LogP contribution >= 0.6 is 0 Å². The van der Waals surface area contributed by atoms with Gasteiger partial charge in [0, 0.05) is 5.69 Å². The maximum atomic E-state index is 13.0. The predicted molar refractivity (Wildman–Crippen MR) is 91.6 cm³/mol. The van der Waals surface area contributed by atoms with Gasteiger partial charge in [0.1, 0.15) is 0 Å². The lowest BCUT2D eigenvalue weighted by atomic mass is 9.90. The van der Waals surface area contributed by atoms with Crippen LogP contribution in [0.2, 0.25) is 0 Å². The number of hydrogen-bond acceptors (Lipinski definition) is 2. The zero-order chi connectivity index (χ0) is 17.9. The van der Waals surface area contributed by atoms with Crippen molar-refractivity contribution >= 4 is 17.3 Å². The lowest BCUT2D eigenvalue weighted by Gasteiger charge is -2.20. The highest BCUT2D eigenvalue weighted by Crippen LogP contribution is 2.34. The van der Waals surface area contributed by atoms with Gasteiger partial charge in [-0.05, 0) is 55.0 Å².